The van der Waals surface area contributed by atoms with Crippen molar-refractivity contribution in [3.05, 3.63) is 36.2 Å². The van der Waals surface area contributed by atoms with Crippen LogP contribution in [0, 0.1) is 0 Å². The Morgan fingerprint density at radius 3 is 2.42 bits per heavy atom. The summed E-state index contributed by atoms with van der Waals surface area (Å²) >= 11 is 0. The van der Waals surface area contributed by atoms with Gasteiger partial charge in [0.1, 0.15) is 5.69 Å². The maximum absolute atomic E-state index is 12.8. The number of aromatic nitrogens is 2. The molecule has 2 aliphatic rings. The van der Waals surface area contributed by atoms with Crippen molar-refractivity contribution in [3.8, 4) is 0 Å². The number of hydrogen-bond donors (Lipinski definition) is 0. The third-order valence-corrected chi connectivity index (χ3v) is 5.75. The van der Waals surface area contributed by atoms with E-state index in [1.807, 2.05) is 29.2 Å². The van der Waals surface area contributed by atoms with Gasteiger partial charge in [0.25, 0.3) is 5.91 Å². The van der Waals surface area contributed by atoms with E-state index in [0.717, 1.165) is 62.9 Å². The Bertz CT molecular complexity index is 765. The van der Waals surface area contributed by atoms with Crippen LogP contribution in [0.2, 0.25) is 0 Å². The summed E-state index contributed by atoms with van der Waals surface area (Å²) in [4.78, 5) is 26.2. The Kier molecular flexibility index (Phi) is 5.13. The molecule has 4 rings (SSSR count). The predicted octanol–water partition coefficient (Wildman–Crippen LogP) is 2.35. The van der Waals surface area contributed by atoms with Crippen molar-refractivity contribution in [2.45, 2.75) is 37.8 Å². The molecule has 138 valence electrons. The highest BCUT2D eigenvalue weighted by molar-refractivity contribution is 5.93. The second kappa shape index (κ2) is 7.68. The highest BCUT2D eigenvalue weighted by Crippen LogP contribution is 2.23. The van der Waals surface area contributed by atoms with Crippen molar-refractivity contribution >= 4 is 16.9 Å². The minimum Gasteiger partial charge on any atom is -0.381 e. The van der Waals surface area contributed by atoms with Crippen molar-refractivity contribution in [2.24, 2.45) is 0 Å². The summed E-state index contributed by atoms with van der Waals surface area (Å²) in [6, 6.07) is 8.24. The summed E-state index contributed by atoms with van der Waals surface area (Å²) in [5, 5.41) is 0. The standard InChI is InChI=1S/C20H26N4O2/c1-26-16-8-12-23(13-9-16)15-6-10-24(11-7-15)20(25)19-14-21-17-4-2-3-5-18(17)22-19/h2-5,14-16H,6-13H2,1H3. The van der Waals surface area contributed by atoms with Gasteiger partial charge < -0.3 is 14.5 Å². The molecule has 6 heteroatoms. The largest absolute Gasteiger partial charge is 0.381 e. The van der Waals surface area contributed by atoms with Gasteiger partial charge >= 0.3 is 0 Å². The first kappa shape index (κ1) is 17.4. The van der Waals surface area contributed by atoms with Crippen LogP contribution < -0.4 is 0 Å². The van der Waals surface area contributed by atoms with Gasteiger partial charge in [-0.05, 0) is 37.8 Å². The summed E-state index contributed by atoms with van der Waals surface area (Å²) in [6.07, 6.45) is 6.31. The summed E-state index contributed by atoms with van der Waals surface area (Å²) in [7, 11) is 1.81. The van der Waals surface area contributed by atoms with Crippen molar-refractivity contribution < 1.29 is 9.53 Å². The average Bonchev–Trinajstić information content (AvgIpc) is 2.73. The van der Waals surface area contributed by atoms with Crippen LogP contribution in [0.15, 0.2) is 30.5 Å². The Morgan fingerprint density at radius 1 is 1.04 bits per heavy atom. The molecule has 2 aromatic rings. The third kappa shape index (κ3) is 3.57. The molecule has 1 amide bonds. The Hall–Kier alpha value is -2.05. The van der Waals surface area contributed by atoms with Gasteiger partial charge in [-0.1, -0.05) is 12.1 Å². The van der Waals surface area contributed by atoms with Crippen LogP contribution in [-0.2, 0) is 4.74 Å². The van der Waals surface area contributed by atoms with E-state index in [1.54, 1.807) is 13.3 Å². The van der Waals surface area contributed by atoms with E-state index in [2.05, 4.69) is 14.9 Å². The van der Waals surface area contributed by atoms with Gasteiger partial charge in [-0.15, -0.1) is 0 Å². The number of piperidine rings is 2. The second-order valence-corrected chi connectivity index (χ2v) is 7.24. The lowest BCUT2D eigenvalue weighted by Gasteiger charge is -2.41. The van der Waals surface area contributed by atoms with Crippen LogP contribution in [0.5, 0.6) is 0 Å². The predicted molar refractivity (Wildman–Crippen MR) is 100 cm³/mol. The fourth-order valence-corrected chi connectivity index (χ4v) is 4.13. The first-order valence-electron chi connectivity index (χ1n) is 9.52. The zero-order valence-electron chi connectivity index (χ0n) is 15.3. The molecule has 0 bridgehead atoms. The first-order valence-corrected chi connectivity index (χ1v) is 9.52. The van der Waals surface area contributed by atoms with Crippen molar-refractivity contribution in [1.82, 2.24) is 19.8 Å². The highest BCUT2D eigenvalue weighted by Gasteiger charge is 2.30. The molecule has 2 saturated heterocycles. The average molecular weight is 354 g/mol. The quantitative estimate of drug-likeness (QED) is 0.847. The van der Waals surface area contributed by atoms with Gasteiger partial charge in [0.15, 0.2) is 0 Å². The summed E-state index contributed by atoms with van der Waals surface area (Å²) in [5.41, 5.74) is 2.04. The van der Waals surface area contributed by atoms with Gasteiger partial charge in [0, 0.05) is 39.3 Å². The zero-order valence-corrected chi connectivity index (χ0v) is 15.3. The van der Waals surface area contributed by atoms with E-state index < -0.39 is 0 Å². The molecule has 0 aliphatic carbocycles. The smallest absolute Gasteiger partial charge is 0.274 e. The van der Waals surface area contributed by atoms with Crippen LogP contribution in [0.4, 0.5) is 0 Å². The number of ether oxygens (including phenoxy) is 1. The van der Waals surface area contributed by atoms with Crippen molar-refractivity contribution in [3.63, 3.8) is 0 Å². The maximum atomic E-state index is 12.8. The zero-order chi connectivity index (χ0) is 17.9. The molecule has 0 saturated carbocycles. The molecular weight excluding hydrogens is 328 g/mol. The summed E-state index contributed by atoms with van der Waals surface area (Å²) in [6.45, 7) is 3.80. The number of likely N-dealkylation sites (tertiary alicyclic amines) is 2. The second-order valence-electron chi connectivity index (χ2n) is 7.24. The van der Waals surface area contributed by atoms with E-state index in [-0.39, 0.29) is 5.91 Å². The monoisotopic (exact) mass is 354 g/mol. The number of carbonyl (C=O) groups excluding carboxylic acids is 1. The van der Waals surface area contributed by atoms with Crippen LogP contribution in [0.25, 0.3) is 11.0 Å². The fraction of sp³-hybridized carbons (Fsp3) is 0.550. The van der Waals surface area contributed by atoms with E-state index >= 15 is 0 Å². The number of rotatable bonds is 3. The Labute approximate surface area is 154 Å². The van der Waals surface area contributed by atoms with Crippen molar-refractivity contribution in [2.75, 3.05) is 33.3 Å². The van der Waals surface area contributed by atoms with Gasteiger partial charge in [0.05, 0.1) is 23.3 Å². The fourth-order valence-electron chi connectivity index (χ4n) is 4.13. The number of fused-ring (bicyclic) bond motifs is 1. The lowest BCUT2D eigenvalue weighted by atomic mass is 9.98. The van der Waals surface area contributed by atoms with Crippen molar-refractivity contribution in [1.29, 1.82) is 0 Å². The van der Waals surface area contributed by atoms with Crippen LogP contribution in [0.3, 0.4) is 0 Å². The van der Waals surface area contributed by atoms with E-state index in [4.69, 9.17) is 4.74 Å². The van der Waals surface area contributed by atoms with Gasteiger partial charge in [0.2, 0.25) is 0 Å². The minimum atomic E-state index is -0.000191. The Balaban J connectivity index is 1.35. The Morgan fingerprint density at radius 2 is 1.73 bits per heavy atom. The maximum Gasteiger partial charge on any atom is 0.274 e. The number of methoxy groups -OCH3 is 1. The third-order valence-electron chi connectivity index (χ3n) is 5.75. The number of amides is 1. The van der Waals surface area contributed by atoms with E-state index in [0.29, 0.717) is 17.8 Å². The number of carbonyl (C=O) groups is 1. The molecule has 0 N–H and O–H groups in total. The van der Waals surface area contributed by atoms with Gasteiger partial charge in [-0.3, -0.25) is 9.78 Å². The molecule has 26 heavy (non-hydrogen) atoms. The number of hydrogen-bond acceptors (Lipinski definition) is 5. The van der Waals surface area contributed by atoms with Crippen LogP contribution >= 0.6 is 0 Å². The summed E-state index contributed by atoms with van der Waals surface area (Å²) < 4.78 is 5.46. The van der Waals surface area contributed by atoms with E-state index in [1.165, 1.54) is 0 Å². The SMILES string of the molecule is COC1CCN(C2CCN(C(=O)c3cnc4ccccc4n3)CC2)CC1. The molecular formula is C20H26N4O2. The molecule has 2 aliphatic heterocycles. The minimum absolute atomic E-state index is 0.000191. The van der Waals surface area contributed by atoms with Crippen LogP contribution in [-0.4, -0.2) is 71.1 Å². The molecule has 2 fully saturated rings. The number of nitrogens with zero attached hydrogens (tertiary/aromatic N) is 4. The van der Waals surface area contributed by atoms with Crippen LogP contribution in [0.1, 0.15) is 36.2 Å². The molecule has 0 atom stereocenters. The lowest BCUT2D eigenvalue weighted by molar-refractivity contribution is 0.0145. The van der Waals surface area contributed by atoms with Gasteiger partial charge in [-0.25, -0.2) is 4.98 Å². The lowest BCUT2D eigenvalue weighted by Crippen LogP contribution is -2.49. The van der Waals surface area contributed by atoms with Gasteiger partial charge in [-0.2, -0.15) is 0 Å². The van der Waals surface area contributed by atoms with E-state index in [9.17, 15) is 4.79 Å². The number of benzene rings is 1. The molecule has 0 unspecified atom stereocenters. The molecule has 1 aromatic heterocycles. The molecule has 6 nitrogen and oxygen atoms in total. The summed E-state index contributed by atoms with van der Waals surface area (Å²) in [5.74, 6) is -0.000191. The molecule has 3 heterocycles. The highest BCUT2D eigenvalue weighted by atomic mass is 16.5. The topological polar surface area (TPSA) is 58.6 Å². The number of para-hydroxylation sites is 2. The molecule has 1 aromatic carbocycles. The molecule has 0 spiro atoms. The normalized spacial score (nSPS) is 20.6. The molecule has 0 radical (unpaired) electrons. The first-order chi connectivity index (χ1) is 12.7.